The molecule has 6 heteroatoms. The minimum absolute atomic E-state index is 0.00102. The largest absolute Gasteiger partial charge is 0.481 e. The molecule has 0 aliphatic heterocycles. The minimum atomic E-state index is -0.891. The molecule has 1 unspecified atom stereocenters. The Labute approximate surface area is 214 Å². The minimum Gasteiger partial charge on any atom is -0.481 e. The van der Waals surface area contributed by atoms with Crippen LogP contribution in [0.25, 0.3) is 0 Å². The highest BCUT2D eigenvalue weighted by molar-refractivity contribution is 7.80. The lowest BCUT2D eigenvalue weighted by Crippen LogP contribution is -2.40. The van der Waals surface area contributed by atoms with Gasteiger partial charge in [0.2, 0.25) is 0 Å². The summed E-state index contributed by atoms with van der Waals surface area (Å²) < 4.78 is 5.05. The molecule has 2 N–H and O–H groups in total. The lowest BCUT2D eigenvalue weighted by molar-refractivity contribution is -0.137. The Bertz CT molecular complexity index is 927. The van der Waals surface area contributed by atoms with Gasteiger partial charge in [0, 0.05) is 24.1 Å². The van der Waals surface area contributed by atoms with Gasteiger partial charge in [0.1, 0.15) is 5.60 Å². The zero-order chi connectivity index (χ0) is 25.7. The van der Waals surface area contributed by atoms with Crippen LogP contribution >= 0.6 is 12.6 Å². The SMILES string of the molecule is CC(C)(C)OC(=O)NC(CS)CCC(=O)O.c1ccc(C(c2ccccc2)c2ccccc2)cc1. The lowest BCUT2D eigenvalue weighted by atomic mass is 9.85. The van der Waals surface area contributed by atoms with Gasteiger partial charge in [0.25, 0.3) is 0 Å². The summed E-state index contributed by atoms with van der Waals surface area (Å²) in [6.07, 6.45) is -0.198. The van der Waals surface area contributed by atoms with Crippen LogP contribution in [0.15, 0.2) is 91.0 Å². The van der Waals surface area contributed by atoms with Crippen molar-refractivity contribution in [1.29, 1.82) is 0 Å². The second-order valence-corrected chi connectivity index (χ2v) is 9.49. The highest BCUT2D eigenvalue weighted by Gasteiger charge is 2.19. The monoisotopic (exact) mass is 493 g/mol. The number of carboxylic acids is 1. The van der Waals surface area contributed by atoms with Crippen LogP contribution in [0.2, 0.25) is 0 Å². The van der Waals surface area contributed by atoms with Crippen LogP contribution in [0.3, 0.4) is 0 Å². The number of alkyl carbamates (subject to hydrolysis) is 1. The molecular weight excluding hydrogens is 458 g/mol. The number of hydrogen-bond acceptors (Lipinski definition) is 4. The predicted molar refractivity (Wildman–Crippen MR) is 144 cm³/mol. The summed E-state index contributed by atoms with van der Waals surface area (Å²) in [4.78, 5) is 21.7. The molecule has 3 aromatic carbocycles. The third kappa shape index (κ3) is 10.7. The second kappa shape index (κ2) is 14.2. The van der Waals surface area contributed by atoms with Crippen molar-refractivity contribution in [3.63, 3.8) is 0 Å². The Hall–Kier alpha value is -3.25. The van der Waals surface area contributed by atoms with E-state index in [9.17, 15) is 9.59 Å². The second-order valence-electron chi connectivity index (χ2n) is 9.12. The summed E-state index contributed by atoms with van der Waals surface area (Å²) in [5.41, 5.74) is 3.44. The van der Waals surface area contributed by atoms with Gasteiger partial charge in [0.15, 0.2) is 0 Å². The molecule has 0 aromatic heterocycles. The molecule has 0 aliphatic rings. The van der Waals surface area contributed by atoms with Crippen molar-refractivity contribution in [2.75, 3.05) is 5.75 Å². The Balaban J connectivity index is 0.000000252. The molecule has 5 nitrogen and oxygen atoms in total. The van der Waals surface area contributed by atoms with E-state index in [0.717, 1.165) is 0 Å². The fourth-order valence-corrected chi connectivity index (χ4v) is 3.77. The average molecular weight is 494 g/mol. The number of carbonyl (C=O) groups excluding carboxylic acids is 1. The van der Waals surface area contributed by atoms with Crippen LogP contribution in [0.4, 0.5) is 4.79 Å². The van der Waals surface area contributed by atoms with Crippen molar-refractivity contribution in [3.05, 3.63) is 108 Å². The number of hydrogen-bond donors (Lipinski definition) is 3. The normalized spacial score (nSPS) is 11.7. The van der Waals surface area contributed by atoms with E-state index < -0.39 is 17.7 Å². The van der Waals surface area contributed by atoms with E-state index in [1.165, 1.54) is 16.7 Å². The molecule has 3 rings (SSSR count). The summed E-state index contributed by atoms with van der Waals surface area (Å²) >= 11 is 4.04. The molecule has 0 heterocycles. The quantitative estimate of drug-likeness (QED) is 0.246. The van der Waals surface area contributed by atoms with Crippen LogP contribution < -0.4 is 5.32 Å². The van der Waals surface area contributed by atoms with Crippen LogP contribution in [-0.2, 0) is 9.53 Å². The molecular formula is C29H35NO4S. The van der Waals surface area contributed by atoms with Gasteiger partial charge in [0.05, 0.1) is 0 Å². The van der Waals surface area contributed by atoms with E-state index in [2.05, 4.69) is 109 Å². The van der Waals surface area contributed by atoms with Gasteiger partial charge in [-0.05, 0) is 43.9 Å². The molecule has 0 saturated heterocycles. The Morgan fingerprint density at radius 2 is 1.23 bits per heavy atom. The number of carbonyl (C=O) groups is 2. The first-order valence-corrected chi connectivity index (χ1v) is 12.3. The zero-order valence-corrected chi connectivity index (χ0v) is 21.4. The molecule has 0 aliphatic carbocycles. The van der Waals surface area contributed by atoms with Crippen LogP contribution in [-0.4, -0.2) is 34.6 Å². The molecule has 186 valence electrons. The number of ether oxygens (including phenoxy) is 1. The molecule has 35 heavy (non-hydrogen) atoms. The molecule has 0 bridgehead atoms. The Morgan fingerprint density at radius 3 is 1.54 bits per heavy atom. The van der Waals surface area contributed by atoms with E-state index >= 15 is 0 Å². The topological polar surface area (TPSA) is 75.6 Å². The van der Waals surface area contributed by atoms with Gasteiger partial charge in [-0.25, -0.2) is 4.79 Å². The third-order valence-corrected chi connectivity index (χ3v) is 5.49. The standard InChI is InChI=1S/C19H16.C10H19NO4S/c1-4-10-16(11-5-1)19(17-12-6-2-7-13-17)18-14-8-3-9-15-18;1-10(2,3)15-9(14)11-7(6-16)4-5-8(12)13/h1-15,19H;7,16H,4-6H2,1-3H3,(H,11,14)(H,12,13). The van der Waals surface area contributed by atoms with Gasteiger partial charge >= 0.3 is 12.1 Å². The number of carboxylic acid groups (broad SMARTS) is 1. The molecule has 0 fully saturated rings. The molecule has 0 spiro atoms. The van der Waals surface area contributed by atoms with Crippen molar-refractivity contribution >= 4 is 24.7 Å². The van der Waals surface area contributed by atoms with Crippen molar-refractivity contribution in [2.24, 2.45) is 0 Å². The first-order chi connectivity index (χ1) is 16.7. The third-order valence-electron chi connectivity index (χ3n) is 5.05. The maximum Gasteiger partial charge on any atom is 0.407 e. The van der Waals surface area contributed by atoms with Gasteiger partial charge in [-0.1, -0.05) is 91.0 Å². The van der Waals surface area contributed by atoms with E-state index in [1.807, 2.05) is 0 Å². The van der Waals surface area contributed by atoms with E-state index in [4.69, 9.17) is 9.84 Å². The smallest absolute Gasteiger partial charge is 0.407 e. The van der Waals surface area contributed by atoms with Crippen molar-refractivity contribution in [1.82, 2.24) is 5.32 Å². The van der Waals surface area contributed by atoms with E-state index in [0.29, 0.717) is 18.1 Å². The number of benzene rings is 3. The number of amides is 1. The molecule has 0 radical (unpaired) electrons. The zero-order valence-electron chi connectivity index (χ0n) is 20.6. The number of nitrogens with one attached hydrogen (secondary N) is 1. The van der Waals surface area contributed by atoms with Gasteiger partial charge < -0.3 is 15.2 Å². The molecule has 1 amide bonds. The number of rotatable bonds is 8. The van der Waals surface area contributed by atoms with Crippen LogP contribution in [0, 0.1) is 0 Å². The average Bonchev–Trinajstić information content (AvgIpc) is 2.83. The molecule has 0 saturated carbocycles. The van der Waals surface area contributed by atoms with Gasteiger partial charge in [-0.2, -0.15) is 12.6 Å². The first-order valence-electron chi connectivity index (χ1n) is 11.7. The van der Waals surface area contributed by atoms with Gasteiger partial charge in [-0.15, -0.1) is 0 Å². The Kier molecular flexibility index (Phi) is 11.4. The molecule has 1 atom stereocenters. The summed E-state index contributed by atoms with van der Waals surface area (Å²) in [5, 5.41) is 11.1. The summed E-state index contributed by atoms with van der Waals surface area (Å²) in [6.45, 7) is 5.29. The first kappa shape index (κ1) is 28.0. The molecule has 3 aromatic rings. The van der Waals surface area contributed by atoms with Gasteiger partial charge in [-0.3, -0.25) is 4.79 Å². The summed E-state index contributed by atoms with van der Waals surface area (Å²) in [7, 11) is 0. The maximum atomic E-state index is 11.4. The van der Waals surface area contributed by atoms with Crippen molar-refractivity contribution < 1.29 is 19.4 Å². The summed E-state index contributed by atoms with van der Waals surface area (Å²) in [5.74, 6) is -0.201. The van der Waals surface area contributed by atoms with Crippen LogP contribution in [0.1, 0.15) is 56.2 Å². The van der Waals surface area contributed by atoms with Crippen LogP contribution in [0.5, 0.6) is 0 Å². The Morgan fingerprint density at radius 1 is 0.829 bits per heavy atom. The van der Waals surface area contributed by atoms with Crippen molar-refractivity contribution in [2.45, 2.75) is 51.2 Å². The fourth-order valence-electron chi connectivity index (χ4n) is 3.49. The summed E-state index contributed by atoms with van der Waals surface area (Å²) in [6, 6.07) is 31.7. The highest BCUT2D eigenvalue weighted by atomic mass is 32.1. The number of thiol groups is 1. The van der Waals surface area contributed by atoms with E-state index in [1.54, 1.807) is 20.8 Å². The lowest BCUT2D eigenvalue weighted by Gasteiger charge is -2.22. The fraction of sp³-hybridized carbons (Fsp3) is 0.310. The highest BCUT2D eigenvalue weighted by Crippen LogP contribution is 2.31. The maximum absolute atomic E-state index is 11.4. The number of aliphatic carboxylic acids is 1. The predicted octanol–water partition coefficient (Wildman–Crippen LogP) is 6.54. The van der Waals surface area contributed by atoms with E-state index in [-0.39, 0.29) is 12.5 Å². The van der Waals surface area contributed by atoms with Crippen molar-refractivity contribution in [3.8, 4) is 0 Å².